The van der Waals surface area contributed by atoms with E-state index in [-0.39, 0.29) is 11.9 Å². The summed E-state index contributed by atoms with van der Waals surface area (Å²) in [4.78, 5) is 14.9. The number of nitrogens with zero attached hydrogens (tertiary/aromatic N) is 1. The third kappa shape index (κ3) is 5.63. The molecule has 4 rings (SSSR count). The Morgan fingerprint density at radius 2 is 1.97 bits per heavy atom. The molecule has 1 aliphatic heterocycles. The van der Waals surface area contributed by atoms with Crippen LogP contribution in [-0.4, -0.2) is 28.6 Å². The second-order valence-corrected chi connectivity index (χ2v) is 10.1. The summed E-state index contributed by atoms with van der Waals surface area (Å²) in [5, 5.41) is 4.28. The van der Waals surface area contributed by atoms with Gasteiger partial charge in [-0.15, -0.1) is 0 Å². The molecule has 1 heterocycles. The van der Waals surface area contributed by atoms with Crippen LogP contribution in [0, 0.1) is 3.57 Å². The molecule has 1 amide bonds. The molecule has 174 valence electrons. The van der Waals surface area contributed by atoms with Crippen LogP contribution in [0.25, 0.3) is 6.08 Å². The molecule has 8 heteroatoms. The Morgan fingerprint density at radius 1 is 1.21 bits per heavy atom. The van der Waals surface area contributed by atoms with E-state index in [2.05, 4.69) is 27.9 Å². The molecule has 2 aromatic rings. The van der Waals surface area contributed by atoms with Crippen LogP contribution in [-0.2, 0) is 11.4 Å². The van der Waals surface area contributed by atoms with Gasteiger partial charge in [0.1, 0.15) is 12.3 Å². The molecular formula is C25H26ClIN2O3S. The van der Waals surface area contributed by atoms with E-state index in [1.165, 1.54) is 6.42 Å². The van der Waals surface area contributed by atoms with Gasteiger partial charge in [-0.25, -0.2) is 0 Å². The van der Waals surface area contributed by atoms with Gasteiger partial charge in [-0.1, -0.05) is 49.1 Å². The molecule has 0 unspecified atom stereocenters. The Bertz CT molecular complexity index is 1090. The number of rotatable bonds is 7. The standard InChI is InChI=1S/C25H26ClIN2O3S/c1-2-31-22-14-16(12-20(27)23(22)32-15-17-8-6-7-11-19(17)26)13-21-24(30)29(25(33)28-21)18-9-4-3-5-10-18/h6-8,11-14,18H,2-5,9-10,15H2,1H3,(H,28,33)/b21-13-. The van der Waals surface area contributed by atoms with E-state index >= 15 is 0 Å². The van der Waals surface area contributed by atoms with Gasteiger partial charge in [0.15, 0.2) is 16.6 Å². The monoisotopic (exact) mass is 596 g/mol. The first-order valence-electron chi connectivity index (χ1n) is 11.2. The zero-order valence-corrected chi connectivity index (χ0v) is 22.1. The van der Waals surface area contributed by atoms with Crippen molar-refractivity contribution in [3.8, 4) is 11.5 Å². The summed E-state index contributed by atoms with van der Waals surface area (Å²) < 4.78 is 12.9. The number of hydrogen-bond donors (Lipinski definition) is 1. The molecule has 2 aromatic carbocycles. The molecule has 5 nitrogen and oxygen atoms in total. The third-order valence-electron chi connectivity index (χ3n) is 5.82. The average Bonchev–Trinajstić information content (AvgIpc) is 3.07. The first kappa shape index (κ1) is 24.3. The van der Waals surface area contributed by atoms with Crippen LogP contribution in [0.4, 0.5) is 0 Å². The number of ether oxygens (including phenoxy) is 2. The quantitative estimate of drug-likeness (QED) is 0.231. The lowest BCUT2D eigenvalue weighted by atomic mass is 9.94. The van der Waals surface area contributed by atoms with Crippen LogP contribution in [0.15, 0.2) is 42.1 Å². The second-order valence-electron chi connectivity index (χ2n) is 8.10. The number of halogens is 2. The van der Waals surface area contributed by atoms with Crippen molar-refractivity contribution in [1.82, 2.24) is 10.2 Å². The fraction of sp³-hybridized carbons (Fsp3) is 0.360. The average molecular weight is 597 g/mol. The van der Waals surface area contributed by atoms with Crippen LogP contribution in [0.3, 0.4) is 0 Å². The van der Waals surface area contributed by atoms with E-state index in [4.69, 9.17) is 33.3 Å². The normalized spacial score (nSPS) is 18.0. The van der Waals surface area contributed by atoms with Crippen LogP contribution < -0.4 is 14.8 Å². The van der Waals surface area contributed by atoms with Gasteiger partial charge >= 0.3 is 0 Å². The van der Waals surface area contributed by atoms with E-state index in [1.54, 1.807) is 4.90 Å². The highest BCUT2D eigenvalue weighted by Crippen LogP contribution is 2.36. The number of hydrogen-bond acceptors (Lipinski definition) is 4. The lowest BCUT2D eigenvalue weighted by Gasteiger charge is -2.29. The van der Waals surface area contributed by atoms with Crippen LogP contribution >= 0.6 is 46.4 Å². The number of thiocarbonyl (C=S) groups is 1. The molecule has 2 aliphatic rings. The van der Waals surface area contributed by atoms with Crippen molar-refractivity contribution >= 4 is 63.5 Å². The van der Waals surface area contributed by atoms with Crippen molar-refractivity contribution in [2.24, 2.45) is 0 Å². The fourth-order valence-corrected chi connectivity index (χ4v) is 5.54. The van der Waals surface area contributed by atoms with Crippen molar-refractivity contribution in [2.75, 3.05) is 6.61 Å². The summed E-state index contributed by atoms with van der Waals surface area (Å²) in [5.74, 6) is 1.23. The Kier molecular flexibility index (Phi) is 8.14. The lowest BCUT2D eigenvalue weighted by Crippen LogP contribution is -2.41. The Labute approximate surface area is 218 Å². The summed E-state index contributed by atoms with van der Waals surface area (Å²) in [6.45, 7) is 2.76. The van der Waals surface area contributed by atoms with Gasteiger partial charge in [-0.05, 0) is 84.4 Å². The zero-order chi connectivity index (χ0) is 23.4. The summed E-state index contributed by atoms with van der Waals surface area (Å²) >= 11 is 14.0. The molecule has 0 radical (unpaired) electrons. The summed E-state index contributed by atoms with van der Waals surface area (Å²) in [6, 6.07) is 11.7. The summed E-state index contributed by atoms with van der Waals surface area (Å²) in [5.41, 5.74) is 2.24. The fourth-order valence-electron chi connectivity index (χ4n) is 4.23. The van der Waals surface area contributed by atoms with Crippen molar-refractivity contribution in [1.29, 1.82) is 0 Å². The molecule has 1 aliphatic carbocycles. The van der Waals surface area contributed by atoms with Gasteiger partial charge < -0.3 is 14.8 Å². The van der Waals surface area contributed by atoms with Crippen molar-refractivity contribution in [2.45, 2.75) is 51.7 Å². The molecular weight excluding hydrogens is 571 g/mol. The number of amides is 1. The van der Waals surface area contributed by atoms with Gasteiger partial charge in [0.2, 0.25) is 0 Å². The smallest absolute Gasteiger partial charge is 0.276 e. The molecule has 33 heavy (non-hydrogen) atoms. The Hall–Kier alpha value is -1.84. The van der Waals surface area contributed by atoms with E-state index in [0.717, 1.165) is 40.4 Å². The van der Waals surface area contributed by atoms with E-state index in [0.29, 0.717) is 40.5 Å². The van der Waals surface area contributed by atoms with Crippen molar-refractivity contribution < 1.29 is 14.3 Å². The Morgan fingerprint density at radius 3 is 2.70 bits per heavy atom. The van der Waals surface area contributed by atoms with Gasteiger partial charge in [0.05, 0.1) is 10.2 Å². The maximum Gasteiger partial charge on any atom is 0.276 e. The van der Waals surface area contributed by atoms with Crippen molar-refractivity contribution in [3.05, 3.63) is 61.8 Å². The van der Waals surface area contributed by atoms with E-state index < -0.39 is 0 Å². The first-order chi connectivity index (χ1) is 16.0. The molecule has 0 spiro atoms. The van der Waals surface area contributed by atoms with Crippen LogP contribution in [0.2, 0.25) is 5.02 Å². The van der Waals surface area contributed by atoms with E-state index in [1.807, 2.05) is 49.4 Å². The highest BCUT2D eigenvalue weighted by atomic mass is 127. The van der Waals surface area contributed by atoms with Crippen LogP contribution in [0.1, 0.15) is 50.2 Å². The number of carbonyl (C=O) groups excluding carboxylic acids is 1. The SMILES string of the molecule is CCOc1cc(/C=C2\NC(=S)N(C3CCCCC3)C2=O)cc(I)c1OCc1ccccc1Cl. The largest absolute Gasteiger partial charge is 0.490 e. The maximum absolute atomic E-state index is 13.1. The second kappa shape index (κ2) is 11.1. The van der Waals surface area contributed by atoms with Crippen molar-refractivity contribution in [3.63, 3.8) is 0 Å². The minimum Gasteiger partial charge on any atom is -0.490 e. The summed E-state index contributed by atoms with van der Waals surface area (Å²) in [6.07, 6.45) is 7.35. The molecule has 1 saturated heterocycles. The highest BCUT2D eigenvalue weighted by molar-refractivity contribution is 14.1. The maximum atomic E-state index is 13.1. The van der Waals surface area contributed by atoms with Gasteiger partial charge in [0.25, 0.3) is 5.91 Å². The molecule has 0 aromatic heterocycles. The predicted molar refractivity (Wildman–Crippen MR) is 144 cm³/mol. The minimum absolute atomic E-state index is 0.0566. The van der Waals surface area contributed by atoms with E-state index in [9.17, 15) is 4.79 Å². The zero-order valence-electron chi connectivity index (χ0n) is 18.4. The Balaban J connectivity index is 1.57. The van der Waals surface area contributed by atoms with Gasteiger partial charge in [-0.2, -0.15) is 0 Å². The molecule has 1 saturated carbocycles. The molecule has 2 fully saturated rings. The molecule has 0 atom stereocenters. The van der Waals surface area contributed by atoms with Gasteiger partial charge in [-0.3, -0.25) is 9.69 Å². The molecule has 0 bridgehead atoms. The number of nitrogens with one attached hydrogen (secondary N) is 1. The minimum atomic E-state index is -0.0566. The lowest BCUT2D eigenvalue weighted by molar-refractivity contribution is -0.124. The van der Waals surface area contributed by atoms with Crippen LogP contribution in [0.5, 0.6) is 11.5 Å². The number of carbonyl (C=O) groups is 1. The highest BCUT2D eigenvalue weighted by Gasteiger charge is 2.36. The van der Waals surface area contributed by atoms with Gasteiger partial charge in [0, 0.05) is 16.6 Å². The first-order valence-corrected chi connectivity index (χ1v) is 13.0. The summed E-state index contributed by atoms with van der Waals surface area (Å²) in [7, 11) is 0. The predicted octanol–water partition coefficient (Wildman–Crippen LogP) is 6.31. The third-order valence-corrected chi connectivity index (χ3v) is 7.29. The topological polar surface area (TPSA) is 50.8 Å². The molecule has 1 N–H and O–H groups in total. The number of benzene rings is 2.